The zero-order valence-corrected chi connectivity index (χ0v) is 16.2. The summed E-state index contributed by atoms with van der Waals surface area (Å²) in [6.07, 6.45) is 4.21. The summed E-state index contributed by atoms with van der Waals surface area (Å²) in [5.74, 6) is 0.962. The molecule has 136 valence electrons. The van der Waals surface area contributed by atoms with E-state index in [1.807, 2.05) is 0 Å². The van der Waals surface area contributed by atoms with Crippen molar-refractivity contribution >= 4 is 24.8 Å². The molecule has 0 bridgehead atoms. The molecule has 1 atom stereocenters. The first-order valence-corrected chi connectivity index (χ1v) is 9.00. The van der Waals surface area contributed by atoms with Crippen LogP contribution >= 0.6 is 24.8 Å². The monoisotopic (exact) mass is 378 g/mol. The molecule has 0 radical (unpaired) electrons. The van der Waals surface area contributed by atoms with Gasteiger partial charge in [0.2, 0.25) is 0 Å². The Morgan fingerprint density at radius 3 is 2.04 bits per heavy atom. The molecule has 1 N–H and O–H groups in total. The van der Waals surface area contributed by atoms with Crippen LogP contribution in [0.3, 0.4) is 0 Å². The maximum absolute atomic E-state index is 3.48. The van der Waals surface area contributed by atoms with Gasteiger partial charge in [-0.3, -0.25) is 4.90 Å². The number of halogens is 2. The second kappa shape index (κ2) is 9.59. The van der Waals surface area contributed by atoms with Crippen molar-refractivity contribution in [2.75, 3.05) is 26.2 Å². The van der Waals surface area contributed by atoms with Crippen molar-refractivity contribution in [3.8, 4) is 11.1 Å². The minimum absolute atomic E-state index is 0. The zero-order chi connectivity index (χ0) is 15.5. The van der Waals surface area contributed by atoms with Gasteiger partial charge in [0.1, 0.15) is 0 Å². The molecule has 1 aliphatic heterocycles. The minimum Gasteiger partial charge on any atom is -0.314 e. The largest absolute Gasteiger partial charge is 0.314 e. The van der Waals surface area contributed by atoms with Crippen LogP contribution in [0.1, 0.15) is 30.9 Å². The second-order valence-electron chi connectivity index (χ2n) is 6.97. The van der Waals surface area contributed by atoms with Crippen molar-refractivity contribution in [1.29, 1.82) is 0 Å². The highest BCUT2D eigenvalue weighted by Crippen LogP contribution is 2.40. The lowest BCUT2D eigenvalue weighted by atomic mass is 9.96. The van der Waals surface area contributed by atoms with E-state index in [2.05, 4.69) is 64.8 Å². The van der Waals surface area contributed by atoms with Crippen molar-refractivity contribution in [3.05, 3.63) is 60.2 Å². The fraction of sp³-hybridized carbons (Fsp3) is 0.429. The lowest BCUT2D eigenvalue weighted by Crippen LogP contribution is -2.45. The lowest BCUT2D eigenvalue weighted by molar-refractivity contribution is 0.160. The molecule has 0 amide bonds. The average Bonchev–Trinajstić information content (AvgIpc) is 3.46. The van der Waals surface area contributed by atoms with E-state index in [1.54, 1.807) is 0 Å². The van der Waals surface area contributed by atoms with E-state index >= 15 is 0 Å². The predicted octanol–water partition coefficient (Wildman–Crippen LogP) is 4.94. The van der Waals surface area contributed by atoms with Gasteiger partial charge in [0.05, 0.1) is 0 Å². The summed E-state index contributed by atoms with van der Waals surface area (Å²) < 4.78 is 0. The molecule has 0 aromatic heterocycles. The van der Waals surface area contributed by atoms with Crippen LogP contribution in [0, 0.1) is 5.92 Å². The van der Waals surface area contributed by atoms with E-state index in [9.17, 15) is 0 Å². The quantitative estimate of drug-likeness (QED) is 0.791. The van der Waals surface area contributed by atoms with Crippen molar-refractivity contribution in [2.24, 2.45) is 5.92 Å². The average molecular weight is 379 g/mol. The molecule has 1 saturated heterocycles. The molecule has 2 aromatic rings. The highest BCUT2D eigenvalue weighted by Gasteiger charge is 2.30. The molecule has 0 unspecified atom stereocenters. The van der Waals surface area contributed by atoms with E-state index in [4.69, 9.17) is 0 Å². The van der Waals surface area contributed by atoms with Crippen molar-refractivity contribution < 1.29 is 0 Å². The number of nitrogens with zero attached hydrogens (tertiary/aromatic N) is 1. The van der Waals surface area contributed by atoms with Crippen molar-refractivity contribution in [2.45, 2.75) is 25.3 Å². The Kier molecular flexibility index (Phi) is 7.77. The lowest BCUT2D eigenvalue weighted by Gasteiger charge is -2.35. The molecular weight excluding hydrogens is 351 g/mol. The molecule has 2 nitrogen and oxygen atoms in total. The molecule has 2 aliphatic rings. The van der Waals surface area contributed by atoms with Gasteiger partial charge in [0, 0.05) is 32.2 Å². The second-order valence-corrected chi connectivity index (χ2v) is 6.97. The number of piperazine rings is 1. The first-order chi connectivity index (χ1) is 11.4. The summed E-state index contributed by atoms with van der Waals surface area (Å²) in [4.78, 5) is 2.69. The van der Waals surface area contributed by atoms with Crippen LogP contribution in [0.2, 0.25) is 0 Å². The van der Waals surface area contributed by atoms with Gasteiger partial charge < -0.3 is 5.32 Å². The molecule has 4 heteroatoms. The zero-order valence-electron chi connectivity index (χ0n) is 14.6. The molecule has 1 heterocycles. The fourth-order valence-electron chi connectivity index (χ4n) is 3.69. The third-order valence-electron chi connectivity index (χ3n) is 5.25. The van der Waals surface area contributed by atoms with Crippen LogP contribution in [-0.2, 0) is 0 Å². The highest BCUT2D eigenvalue weighted by molar-refractivity contribution is 5.85. The first kappa shape index (κ1) is 20.3. The SMILES string of the molecule is Cl.Cl.c1ccc(-c2ccc([C@H](CC3CC3)N3CCNCC3)cc2)cc1. The first-order valence-electron chi connectivity index (χ1n) is 9.00. The van der Waals surface area contributed by atoms with Crippen molar-refractivity contribution in [1.82, 2.24) is 10.2 Å². The van der Waals surface area contributed by atoms with E-state index < -0.39 is 0 Å². The third kappa shape index (κ3) is 5.21. The minimum atomic E-state index is 0. The Labute approximate surface area is 163 Å². The normalized spacial score (nSPS) is 18.7. The summed E-state index contributed by atoms with van der Waals surface area (Å²) in [6, 6.07) is 20.6. The Morgan fingerprint density at radius 2 is 1.44 bits per heavy atom. The Hall–Kier alpha value is -1.06. The van der Waals surface area contributed by atoms with Gasteiger partial charge >= 0.3 is 0 Å². The van der Waals surface area contributed by atoms with Gasteiger partial charge in [0.15, 0.2) is 0 Å². The van der Waals surface area contributed by atoms with Crippen LogP contribution in [0.4, 0.5) is 0 Å². The number of nitrogens with one attached hydrogen (secondary N) is 1. The Bertz CT molecular complexity index is 620. The third-order valence-corrected chi connectivity index (χ3v) is 5.25. The maximum atomic E-state index is 3.48. The van der Waals surface area contributed by atoms with Crippen LogP contribution in [0.25, 0.3) is 11.1 Å². The standard InChI is InChI=1S/C21H26N2.2ClH/c1-2-4-18(5-3-1)19-8-10-20(11-9-19)21(16-17-6-7-17)23-14-12-22-13-15-23;;/h1-5,8-11,17,21-22H,6-7,12-16H2;2*1H/t21-;;/m0../s1. The molecule has 1 saturated carbocycles. The van der Waals surface area contributed by atoms with Gasteiger partial charge in [-0.25, -0.2) is 0 Å². The Balaban J connectivity index is 0.00000113. The summed E-state index contributed by atoms with van der Waals surface area (Å²) in [6.45, 7) is 4.61. The van der Waals surface area contributed by atoms with Gasteiger partial charge in [-0.05, 0) is 29.0 Å². The Morgan fingerprint density at radius 1 is 0.840 bits per heavy atom. The van der Waals surface area contributed by atoms with Crippen LogP contribution in [0.5, 0.6) is 0 Å². The summed E-state index contributed by atoms with van der Waals surface area (Å²) in [5, 5.41) is 3.48. The number of hydrogen-bond acceptors (Lipinski definition) is 2. The van der Waals surface area contributed by atoms with Crippen LogP contribution in [0.15, 0.2) is 54.6 Å². The van der Waals surface area contributed by atoms with Gasteiger partial charge in [-0.2, -0.15) is 0 Å². The van der Waals surface area contributed by atoms with Crippen LogP contribution in [-0.4, -0.2) is 31.1 Å². The molecule has 1 aliphatic carbocycles. The van der Waals surface area contributed by atoms with E-state index in [0.29, 0.717) is 6.04 Å². The van der Waals surface area contributed by atoms with Crippen LogP contribution < -0.4 is 5.32 Å². The topological polar surface area (TPSA) is 15.3 Å². The number of benzene rings is 2. The molecular formula is C21H28Cl2N2. The molecule has 0 spiro atoms. The van der Waals surface area contributed by atoms with Gasteiger partial charge in [-0.15, -0.1) is 24.8 Å². The molecule has 2 aromatic carbocycles. The summed E-state index contributed by atoms with van der Waals surface area (Å²) >= 11 is 0. The summed E-state index contributed by atoms with van der Waals surface area (Å²) in [5.41, 5.74) is 4.12. The van der Waals surface area contributed by atoms with E-state index in [1.165, 1.54) is 49.0 Å². The van der Waals surface area contributed by atoms with E-state index in [0.717, 1.165) is 19.0 Å². The number of rotatable bonds is 5. The molecule has 2 fully saturated rings. The van der Waals surface area contributed by atoms with E-state index in [-0.39, 0.29) is 24.8 Å². The van der Waals surface area contributed by atoms with Gasteiger partial charge in [0.25, 0.3) is 0 Å². The maximum Gasteiger partial charge on any atom is 0.0351 e. The molecule has 25 heavy (non-hydrogen) atoms. The number of hydrogen-bond donors (Lipinski definition) is 1. The smallest absolute Gasteiger partial charge is 0.0351 e. The van der Waals surface area contributed by atoms with Crippen molar-refractivity contribution in [3.63, 3.8) is 0 Å². The summed E-state index contributed by atoms with van der Waals surface area (Å²) in [7, 11) is 0. The highest BCUT2D eigenvalue weighted by atomic mass is 35.5. The van der Waals surface area contributed by atoms with Gasteiger partial charge in [-0.1, -0.05) is 67.4 Å². The fourth-order valence-corrected chi connectivity index (χ4v) is 3.69. The molecule has 4 rings (SSSR count). The predicted molar refractivity (Wildman–Crippen MR) is 111 cm³/mol.